The molecular formula is C12H6Br2N2O2. The van der Waals surface area contributed by atoms with E-state index in [4.69, 9.17) is 0 Å². The summed E-state index contributed by atoms with van der Waals surface area (Å²) >= 11 is 6.72. The van der Waals surface area contributed by atoms with Crippen LogP contribution in [0.1, 0.15) is 0 Å². The number of H-pyrrole nitrogens is 1. The molecular weight excluding hydrogens is 364 g/mol. The Labute approximate surface area is 118 Å². The van der Waals surface area contributed by atoms with Gasteiger partial charge in [0.2, 0.25) is 0 Å². The summed E-state index contributed by atoms with van der Waals surface area (Å²) in [5.41, 5.74) is 1.51. The zero-order valence-corrected chi connectivity index (χ0v) is 12.1. The first-order valence-electron chi connectivity index (χ1n) is 5.11. The largest absolute Gasteiger partial charge is 0.349 e. The van der Waals surface area contributed by atoms with Gasteiger partial charge < -0.3 is 4.98 Å². The zero-order chi connectivity index (χ0) is 12.9. The summed E-state index contributed by atoms with van der Waals surface area (Å²) in [4.78, 5) is 13.8. The molecule has 0 fully saturated rings. The van der Waals surface area contributed by atoms with Crippen LogP contribution in [0.5, 0.6) is 0 Å². The molecule has 1 heterocycles. The number of aromatic amines is 1. The molecule has 0 amide bonds. The van der Waals surface area contributed by atoms with E-state index in [1.807, 2.05) is 24.3 Å². The Kier molecular flexibility index (Phi) is 2.64. The third kappa shape index (κ3) is 1.72. The highest BCUT2D eigenvalue weighted by Gasteiger charge is 2.17. The molecule has 18 heavy (non-hydrogen) atoms. The molecule has 0 aliphatic rings. The normalized spacial score (nSPS) is 11.2. The lowest BCUT2D eigenvalue weighted by Crippen LogP contribution is -1.89. The number of nitrogens with zero attached hydrogens (tertiary/aromatic N) is 1. The van der Waals surface area contributed by atoms with Crippen molar-refractivity contribution in [1.29, 1.82) is 0 Å². The van der Waals surface area contributed by atoms with Gasteiger partial charge in [-0.25, -0.2) is 0 Å². The number of hydrogen-bond donors (Lipinski definition) is 1. The summed E-state index contributed by atoms with van der Waals surface area (Å²) in [6, 6.07) is 9.14. The first kappa shape index (κ1) is 11.7. The van der Waals surface area contributed by atoms with E-state index in [-0.39, 0.29) is 10.6 Å². The highest BCUT2D eigenvalue weighted by atomic mass is 79.9. The summed E-state index contributed by atoms with van der Waals surface area (Å²) in [5.74, 6) is 0. The van der Waals surface area contributed by atoms with Gasteiger partial charge in [-0.1, -0.05) is 31.9 Å². The molecule has 0 saturated carbocycles. The Hall–Kier alpha value is -1.40. The fraction of sp³-hybridized carbons (Fsp3) is 0. The average Bonchev–Trinajstić information content (AvgIpc) is 2.66. The third-order valence-electron chi connectivity index (χ3n) is 2.81. The zero-order valence-electron chi connectivity index (χ0n) is 8.91. The average molecular weight is 370 g/mol. The first-order chi connectivity index (χ1) is 8.56. The van der Waals surface area contributed by atoms with Gasteiger partial charge in [-0.3, -0.25) is 10.1 Å². The number of nitro groups is 1. The molecule has 3 aromatic rings. The lowest BCUT2D eigenvalue weighted by Gasteiger charge is -1.96. The van der Waals surface area contributed by atoms with Gasteiger partial charge >= 0.3 is 0 Å². The van der Waals surface area contributed by atoms with Gasteiger partial charge in [0.15, 0.2) is 0 Å². The molecule has 0 unspecified atom stereocenters. The van der Waals surface area contributed by atoms with Crippen LogP contribution in [0.25, 0.3) is 21.8 Å². The third-order valence-corrected chi connectivity index (χ3v) is 3.76. The van der Waals surface area contributed by atoms with Crippen LogP contribution in [-0.4, -0.2) is 9.91 Å². The fourth-order valence-corrected chi connectivity index (χ4v) is 2.87. The van der Waals surface area contributed by atoms with Crippen molar-refractivity contribution in [2.45, 2.75) is 0 Å². The highest BCUT2D eigenvalue weighted by molar-refractivity contribution is 9.10. The smallest absolute Gasteiger partial charge is 0.294 e. The van der Waals surface area contributed by atoms with E-state index >= 15 is 0 Å². The van der Waals surface area contributed by atoms with E-state index in [2.05, 4.69) is 36.8 Å². The minimum atomic E-state index is -0.377. The molecule has 0 aliphatic heterocycles. The molecule has 6 heteroatoms. The Morgan fingerprint density at radius 2 is 1.78 bits per heavy atom. The van der Waals surface area contributed by atoms with Crippen LogP contribution in [0.3, 0.4) is 0 Å². The molecule has 90 valence electrons. The maximum absolute atomic E-state index is 11.1. The van der Waals surface area contributed by atoms with E-state index in [1.165, 1.54) is 6.07 Å². The predicted octanol–water partition coefficient (Wildman–Crippen LogP) is 4.75. The van der Waals surface area contributed by atoms with Gasteiger partial charge in [0.05, 0.1) is 4.92 Å². The van der Waals surface area contributed by atoms with Crippen LogP contribution in [0.4, 0.5) is 5.69 Å². The summed E-state index contributed by atoms with van der Waals surface area (Å²) in [6.45, 7) is 0. The van der Waals surface area contributed by atoms with Crippen molar-refractivity contribution in [3.05, 3.63) is 49.4 Å². The molecule has 1 aromatic heterocycles. The predicted molar refractivity (Wildman–Crippen MR) is 77.9 cm³/mol. The van der Waals surface area contributed by atoms with Gasteiger partial charge in [0.1, 0.15) is 5.52 Å². The number of nitro benzene ring substituents is 1. The van der Waals surface area contributed by atoms with Gasteiger partial charge in [-0.2, -0.15) is 0 Å². The van der Waals surface area contributed by atoms with E-state index in [9.17, 15) is 10.1 Å². The maximum Gasteiger partial charge on any atom is 0.294 e. The van der Waals surface area contributed by atoms with Crippen LogP contribution in [0.15, 0.2) is 39.3 Å². The SMILES string of the molecule is O=[N+]([O-])c1cc(Br)cc2c1[nH]c1ccc(Br)cc12. The molecule has 4 nitrogen and oxygen atoms in total. The van der Waals surface area contributed by atoms with Crippen LogP contribution in [-0.2, 0) is 0 Å². The van der Waals surface area contributed by atoms with Crippen LogP contribution < -0.4 is 0 Å². The lowest BCUT2D eigenvalue weighted by atomic mass is 10.1. The summed E-state index contributed by atoms with van der Waals surface area (Å²) < 4.78 is 1.64. The van der Waals surface area contributed by atoms with Crippen molar-refractivity contribution < 1.29 is 4.92 Å². The first-order valence-corrected chi connectivity index (χ1v) is 6.70. The van der Waals surface area contributed by atoms with Crippen molar-refractivity contribution in [2.24, 2.45) is 0 Å². The number of aromatic nitrogens is 1. The number of hydrogen-bond acceptors (Lipinski definition) is 2. The lowest BCUT2D eigenvalue weighted by molar-refractivity contribution is -0.383. The van der Waals surface area contributed by atoms with Gasteiger partial charge in [-0.15, -0.1) is 0 Å². The molecule has 0 spiro atoms. The standard InChI is InChI=1S/C12H6Br2N2O2/c13-6-1-2-10-8(3-6)9-4-7(14)5-11(16(17)18)12(9)15-10/h1-5,15H. The van der Waals surface area contributed by atoms with Crippen molar-refractivity contribution in [1.82, 2.24) is 4.98 Å². The van der Waals surface area contributed by atoms with Gasteiger partial charge in [0, 0.05) is 31.3 Å². The maximum atomic E-state index is 11.1. The van der Waals surface area contributed by atoms with Gasteiger partial charge in [0.25, 0.3) is 5.69 Å². The molecule has 0 atom stereocenters. The van der Waals surface area contributed by atoms with Crippen molar-refractivity contribution >= 4 is 59.4 Å². The summed E-state index contributed by atoms with van der Waals surface area (Å²) in [7, 11) is 0. The highest BCUT2D eigenvalue weighted by Crippen LogP contribution is 2.35. The topological polar surface area (TPSA) is 58.9 Å². The number of fused-ring (bicyclic) bond motifs is 3. The molecule has 2 aromatic carbocycles. The second-order valence-electron chi connectivity index (χ2n) is 3.92. The minimum Gasteiger partial charge on any atom is -0.349 e. The molecule has 3 rings (SSSR count). The number of nitrogens with one attached hydrogen (secondary N) is 1. The fourth-order valence-electron chi connectivity index (χ4n) is 2.06. The molecule has 0 saturated heterocycles. The minimum absolute atomic E-state index is 0.0756. The second-order valence-corrected chi connectivity index (χ2v) is 5.75. The van der Waals surface area contributed by atoms with E-state index < -0.39 is 0 Å². The Morgan fingerprint density at radius 3 is 2.50 bits per heavy atom. The molecule has 0 radical (unpaired) electrons. The molecule has 1 N–H and O–H groups in total. The summed E-state index contributed by atoms with van der Waals surface area (Å²) in [5, 5.41) is 12.9. The van der Waals surface area contributed by atoms with E-state index in [0.29, 0.717) is 9.99 Å². The molecule has 0 aliphatic carbocycles. The quantitative estimate of drug-likeness (QED) is 0.496. The monoisotopic (exact) mass is 368 g/mol. The van der Waals surface area contributed by atoms with Crippen molar-refractivity contribution in [3.8, 4) is 0 Å². The molecule has 0 bridgehead atoms. The Morgan fingerprint density at radius 1 is 1.06 bits per heavy atom. The number of rotatable bonds is 1. The van der Waals surface area contributed by atoms with E-state index in [0.717, 1.165) is 20.8 Å². The van der Waals surface area contributed by atoms with Gasteiger partial charge in [-0.05, 0) is 24.3 Å². The Balaban J connectivity index is 2.54. The van der Waals surface area contributed by atoms with Crippen LogP contribution >= 0.6 is 31.9 Å². The van der Waals surface area contributed by atoms with Crippen LogP contribution in [0.2, 0.25) is 0 Å². The number of halogens is 2. The second kappa shape index (κ2) is 4.07. The van der Waals surface area contributed by atoms with Crippen molar-refractivity contribution in [2.75, 3.05) is 0 Å². The Bertz CT molecular complexity index is 795. The van der Waals surface area contributed by atoms with Crippen molar-refractivity contribution in [3.63, 3.8) is 0 Å². The van der Waals surface area contributed by atoms with E-state index in [1.54, 1.807) is 0 Å². The summed E-state index contributed by atoms with van der Waals surface area (Å²) in [6.07, 6.45) is 0. The number of benzene rings is 2. The van der Waals surface area contributed by atoms with Crippen LogP contribution in [0, 0.1) is 10.1 Å². The number of non-ortho nitro benzene ring substituents is 1.